The maximum absolute atomic E-state index is 13.0. The van der Waals surface area contributed by atoms with Crippen molar-refractivity contribution >= 4 is 5.91 Å². The third-order valence-electron chi connectivity index (χ3n) is 6.08. The van der Waals surface area contributed by atoms with E-state index < -0.39 is 5.54 Å². The number of carbonyl (C=O) groups excluding carboxylic acids is 1. The molecule has 4 nitrogen and oxygen atoms in total. The smallest absolute Gasteiger partial charge is 0.243 e. The van der Waals surface area contributed by atoms with Crippen LogP contribution in [0.25, 0.3) is 0 Å². The van der Waals surface area contributed by atoms with Crippen molar-refractivity contribution in [1.29, 1.82) is 0 Å². The number of amides is 1. The van der Waals surface area contributed by atoms with E-state index in [0.29, 0.717) is 5.92 Å². The van der Waals surface area contributed by atoms with E-state index >= 15 is 0 Å². The Morgan fingerprint density at radius 1 is 1.40 bits per heavy atom. The molecule has 2 heterocycles. The maximum Gasteiger partial charge on any atom is 0.243 e. The van der Waals surface area contributed by atoms with Crippen LogP contribution in [0.5, 0.6) is 0 Å². The lowest BCUT2D eigenvalue weighted by Gasteiger charge is -2.61. The Morgan fingerprint density at radius 2 is 2.15 bits per heavy atom. The van der Waals surface area contributed by atoms with Crippen LogP contribution >= 0.6 is 0 Å². The molecule has 0 aromatic rings. The fourth-order valence-electron chi connectivity index (χ4n) is 4.74. The van der Waals surface area contributed by atoms with E-state index in [1.807, 2.05) is 4.90 Å². The maximum atomic E-state index is 13.0. The van der Waals surface area contributed by atoms with Gasteiger partial charge in [0.25, 0.3) is 0 Å². The summed E-state index contributed by atoms with van der Waals surface area (Å²) in [7, 11) is 0. The molecule has 0 radical (unpaired) electrons. The Kier molecular flexibility index (Phi) is 3.37. The zero-order chi connectivity index (χ0) is 14.5. The molecule has 1 saturated carbocycles. The van der Waals surface area contributed by atoms with Gasteiger partial charge in [-0.2, -0.15) is 0 Å². The first-order chi connectivity index (χ1) is 9.42. The molecular weight excluding hydrogens is 252 g/mol. The predicted molar refractivity (Wildman–Crippen MR) is 78.1 cm³/mol. The standard InChI is InChI=1S/C16H28N2O2/c1-4-5-11-6-8-18(10-11)14(19)16(17)12-7-9-20-13(12)15(16,2)3/h11-13H,4-10,17H2,1-3H3. The van der Waals surface area contributed by atoms with Gasteiger partial charge in [0.2, 0.25) is 5.91 Å². The number of carbonyl (C=O) groups is 1. The van der Waals surface area contributed by atoms with Gasteiger partial charge in [-0.05, 0) is 25.2 Å². The van der Waals surface area contributed by atoms with Gasteiger partial charge in [-0.15, -0.1) is 0 Å². The summed E-state index contributed by atoms with van der Waals surface area (Å²) in [5.41, 5.74) is 5.68. The molecule has 2 saturated heterocycles. The second kappa shape index (κ2) is 4.70. The number of fused-ring (bicyclic) bond motifs is 1. The summed E-state index contributed by atoms with van der Waals surface area (Å²) < 4.78 is 5.78. The normalized spacial score (nSPS) is 42.4. The molecule has 4 unspecified atom stereocenters. The zero-order valence-corrected chi connectivity index (χ0v) is 13.0. The average molecular weight is 280 g/mol. The Morgan fingerprint density at radius 3 is 2.85 bits per heavy atom. The zero-order valence-electron chi connectivity index (χ0n) is 13.0. The first-order valence-corrected chi connectivity index (χ1v) is 8.12. The molecule has 0 aromatic heterocycles. The lowest BCUT2D eigenvalue weighted by Crippen LogP contribution is -2.80. The summed E-state index contributed by atoms with van der Waals surface area (Å²) in [5.74, 6) is 1.06. The molecule has 0 bridgehead atoms. The van der Waals surface area contributed by atoms with Crippen molar-refractivity contribution < 1.29 is 9.53 Å². The fraction of sp³-hybridized carbons (Fsp3) is 0.938. The van der Waals surface area contributed by atoms with Gasteiger partial charge in [-0.3, -0.25) is 4.79 Å². The quantitative estimate of drug-likeness (QED) is 0.857. The molecule has 1 aliphatic carbocycles. The summed E-state index contributed by atoms with van der Waals surface area (Å²) >= 11 is 0. The van der Waals surface area contributed by atoms with Crippen LogP contribution in [-0.2, 0) is 9.53 Å². The number of rotatable bonds is 3. The van der Waals surface area contributed by atoms with Crippen molar-refractivity contribution in [3.05, 3.63) is 0 Å². The van der Waals surface area contributed by atoms with Crippen LogP contribution in [0.15, 0.2) is 0 Å². The number of nitrogens with zero attached hydrogens (tertiary/aromatic N) is 1. The molecule has 4 atom stereocenters. The first kappa shape index (κ1) is 14.3. The van der Waals surface area contributed by atoms with Gasteiger partial charge in [-0.25, -0.2) is 0 Å². The molecule has 3 aliphatic rings. The Bertz CT molecular complexity index is 409. The van der Waals surface area contributed by atoms with E-state index in [4.69, 9.17) is 10.5 Å². The van der Waals surface area contributed by atoms with Gasteiger partial charge >= 0.3 is 0 Å². The van der Waals surface area contributed by atoms with E-state index in [9.17, 15) is 4.79 Å². The van der Waals surface area contributed by atoms with E-state index in [1.54, 1.807) is 0 Å². The van der Waals surface area contributed by atoms with Crippen molar-refractivity contribution in [2.45, 2.75) is 58.1 Å². The highest BCUT2D eigenvalue weighted by Crippen LogP contribution is 2.58. The van der Waals surface area contributed by atoms with E-state index in [1.165, 1.54) is 12.8 Å². The van der Waals surface area contributed by atoms with Gasteiger partial charge in [-0.1, -0.05) is 27.2 Å². The van der Waals surface area contributed by atoms with E-state index in [0.717, 1.165) is 32.5 Å². The van der Waals surface area contributed by atoms with Crippen LogP contribution in [0.3, 0.4) is 0 Å². The van der Waals surface area contributed by atoms with Crippen LogP contribution < -0.4 is 5.73 Å². The largest absolute Gasteiger partial charge is 0.377 e. The van der Waals surface area contributed by atoms with E-state index in [2.05, 4.69) is 20.8 Å². The average Bonchev–Trinajstić information content (AvgIpc) is 3.05. The lowest BCUT2D eigenvalue weighted by molar-refractivity contribution is -0.183. The van der Waals surface area contributed by atoms with Gasteiger partial charge in [0.05, 0.1) is 6.10 Å². The van der Waals surface area contributed by atoms with E-state index in [-0.39, 0.29) is 23.3 Å². The fourth-order valence-corrected chi connectivity index (χ4v) is 4.74. The molecule has 4 heteroatoms. The summed E-state index contributed by atoms with van der Waals surface area (Å²) in [5, 5.41) is 0. The minimum atomic E-state index is -0.713. The highest BCUT2D eigenvalue weighted by atomic mass is 16.5. The molecule has 1 amide bonds. The Hall–Kier alpha value is -0.610. The minimum absolute atomic E-state index is 0.172. The third-order valence-corrected chi connectivity index (χ3v) is 6.08. The van der Waals surface area contributed by atoms with Crippen LogP contribution in [0.1, 0.15) is 46.5 Å². The van der Waals surface area contributed by atoms with Gasteiger partial charge < -0.3 is 15.4 Å². The molecule has 20 heavy (non-hydrogen) atoms. The second-order valence-corrected chi connectivity index (χ2v) is 7.47. The minimum Gasteiger partial charge on any atom is -0.377 e. The monoisotopic (exact) mass is 280 g/mol. The molecule has 0 spiro atoms. The summed E-state index contributed by atoms with van der Waals surface area (Å²) in [6.07, 6.45) is 4.67. The number of hydrogen-bond donors (Lipinski definition) is 1. The Balaban J connectivity index is 1.74. The molecule has 3 fully saturated rings. The summed E-state index contributed by atoms with van der Waals surface area (Å²) in [6.45, 7) is 8.94. The van der Waals surface area contributed by atoms with Crippen molar-refractivity contribution in [2.75, 3.05) is 19.7 Å². The second-order valence-electron chi connectivity index (χ2n) is 7.47. The predicted octanol–water partition coefficient (Wildman–Crippen LogP) is 1.78. The lowest BCUT2D eigenvalue weighted by atomic mass is 9.47. The number of ether oxygens (including phenoxy) is 1. The van der Waals surface area contributed by atoms with Crippen molar-refractivity contribution in [3.63, 3.8) is 0 Å². The molecule has 2 N–H and O–H groups in total. The van der Waals surface area contributed by atoms with Gasteiger partial charge in [0.1, 0.15) is 5.54 Å². The van der Waals surface area contributed by atoms with Crippen LogP contribution in [0.2, 0.25) is 0 Å². The van der Waals surface area contributed by atoms with Crippen LogP contribution in [-0.4, -0.2) is 42.1 Å². The summed E-state index contributed by atoms with van der Waals surface area (Å²) in [6, 6.07) is 0. The van der Waals surface area contributed by atoms with Crippen molar-refractivity contribution in [1.82, 2.24) is 4.90 Å². The van der Waals surface area contributed by atoms with Gasteiger partial charge in [0, 0.05) is 31.0 Å². The molecule has 3 rings (SSSR count). The van der Waals surface area contributed by atoms with Crippen LogP contribution in [0.4, 0.5) is 0 Å². The first-order valence-electron chi connectivity index (χ1n) is 8.12. The molecular formula is C16H28N2O2. The van der Waals surface area contributed by atoms with Crippen molar-refractivity contribution in [3.8, 4) is 0 Å². The number of likely N-dealkylation sites (tertiary alicyclic amines) is 1. The highest BCUT2D eigenvalue weighted by Gasteiger charge is 2.72. The topological polar surface area (TPSA) is 55.6 Å². The molecule has 0 aromatic carbocycles. The van der Waals surface area contributed by atoms with Gasteiger partial charge in [0.15, 0.2) is 0 Å². The number of hydrogen-bond acceptors (Lipinski definition) is 3. The Labute approximate surface area is 122 Å². The summed E-state index contributed by atoms with van der Waals surface area (Å²) in [4.78, 5) is 15.0. The van der Waals surface area contributed by atoms with Crippen molar-refractivity contribution in [2.24, 2.45) is 23.0 Å². The van der Waals surface area contributed by atoms with Crippen LogP contribution in [0, 0.1) is 17.3 Å². The highest BCUT2D eigenvalue weighted by molar-refractivity contribution is 5.89. The SMILES string of the molecule is CCCC1CCN(C(=O)C2(N)C3CCOC3C2(C)C)C1. The molecule has 114 valence electrons. The molecule has 2 aliphatic heterocycles. The number of nitrogens with two attached hydrogens (primary N) is 1. The third kappa shape index (κ3) is 1.70.